The van der Waals surface area contributed by atoms with Crippen molar-refractivity contribution in [3.63, 3.8) is 0 Å². The highest BCUT2D eigenvalue weighted by Crippen LogP contribution is 2.17. The van der Waals surface area contributed by atoms with Gasteiger partial charge < -0.3 is 9.47 Å². The number of hydrogen-bond acceptors (Lipinski definition) is 4. The molecule has 0 heterocycles. The van der Waals surface area contributed by atoms with Gasteiger partial charge in [-0.2, -0.15) is 0 Å². The molecule has 4 nitrogen and oxygen atoms in total. The van der Waals surface area contributed by atoms with Gasteiger partial charge in [0, 0.05) is 12.6 Å². The second-order valence-corrected chi connectivity index (χ2v) is 4.82. The standard InChI is InChI=1S/C15H23NO3/c1-11(15(17)19-5)12(2)16(3)10-13-7-6-8-14(9-13)18-4/h6-9,11-12H,10H2,1-5H3. The first-order chi connectivity index (χ1) is 8.99. The number of benzene rings is 1. The number of methoxy groups -OCH3 is 2. The summed E-state index contributed by atoms with van der Waals surface area (Å²) < 4.78 is 9.99. The van der Waals surface area contributed by atoms with E-state index in [4.69, 9.17) is 9.47 Å². The van der Waals surface area contributed by atoms with Crippen LogP contribution in [0.15, 0.2) is 24.3 Å². The van der Waals surface area contributed by atoms with Crippen LogP contribution in [0.1, 0.15) is 19.4 Å². The number of carbonyl (C=O) groups is 1. The lowest BCUT2D eigenvalue weighted by Crippen LogP contribution is -2.37. The van der Waals surface area contributed by atoms with Crippen molar-refractivity contribution in [2.24, 2.45) is 5.92 Å². The highest BCUT2D eigenvalue weighted by molar-refractivity contribution is 5.72. The SMILES string of the molecule is COC(=O)C(C)C(C)N(C)Cc1cccc(OC)c1. The van der Waals surface area contributed by atoms with Crippen molar-refractivity contribution in [3.8, 4) is 5.75 Å². The zero-order chi connectivity index (χ0) is 14.4. The van der Waals surface area contributed by atoms with E-state index in [1.165, 1.54) is 7.11 Å². The molecule has 1 aromatic carbocycles. The average Bonchev–Trinajstić information content (AvgIpc) is 2.44. The minimum atomic E-state index is -0.176. The highest BCUT2D eigenvalue weighted by atomic mass is 16.5. The van der Waals surface area contributed by atoms with E-state index in [1.54, 1.807) is 7.11 Å². The van der Waals surface area contributed by atoms with Crippen molar-refractivity contribution in [2.45, 2.75) is 26.4 Å². The molecule has 0 radical (unpaired) electrons. The second kappa shape index (κ2) is 7.14. The Morgan fingerprint density at radius 2 is 2.00 bits per heavy atom. The summed E-state index contributed by atoms with van der Waals surface area (Å²) in [5, 5.41) is 0. The molecule has 106 valence electrons. The van der Waals surface area contributed by atoms with Gasteiger partial charge in [-0.25, -0.2) is 0 Å². The Bertz CT molecular complexity index is 420. The number of nitrogens with zero attached hydrogens (tertiary/aromatic N) is 1. The van der Waals surface area contributed by atoms with Gasteiger partial charge in [0.25, 0.3) is 0 Å². The summed E-state index contributed by atoms with van der Waals surface area (Å²) >= 11 is 0. The van der Waals surface area contributed by atoms with E-state index in [0.717, 1.165) is 17.9 Å². The molecule has 2 atom stereocenters. The van der Waals surface area contributed by atoms with Crippen molar-refractivity contribution in [1.29, 1.82) is 0 Å². The lowest BCUT2D eigenvalue weighted by atomic mass is 10.0. The first-order valence-electron chi connectivity index (χ1n) is 6.40. The maximum Gasteiger partial charge on any atom is 0.309 e. The Balaban J connectivity index is 2.67. The van der Waals surface area contributed by atoms with E-state index >= 15 is 0 Å². The van der Waals surface area contributed by atoms with E-state index in [9.17, 15) is 4.79 Å². The van der Waals surface area contributed by atoms with Crippen molar-refractivity contribution in [2.75, 3.05) is 21.3 Å². The number of esters is 1. The van der Waals surface area contributed by atoms with Crippen LogP contribution in [0.2, 0.25) is 0 Å². The van der Waals surface area contributed by atoms with E-state index in [1.807, 2.05) is 39.1 Å². The Kier molecular flexibility index (Phi) is 5.83. The van der Waals surface area contributed by atoms with E-state index in [-0.39, 0.29) is 17.9 Å². The molecular weight excluding hydrogens is 242 g/mol. The molecule has 0 spiro atoms. The summed E-state index contributed by atoms with van der Waals surface area (Å²) in [5.41, 5.74) is 1.16. The number of ether oxygens (including phenoxy) is 2. The van der Waals surface area contributed by atoms with Gasteiger partial charge in [0.1, 0.15) is 5.75 Å². The van der Waals surface area contributed by atoms with E-state index < -0.39 is 0 Å². The van der Waals surface area contributed by atoms with Crippen LogP contribution in [0.25, 0.3) is 0 Å². The predicted molar refractivity (Wildman–Crippen MR) is 75.1 cm³/mol. The Morgan fingerprint density at radius 3 is 2.58 bits per heavy atom. The van der Waals surface area contributed by atoms with Crippen molar-refractivity contribution in [3.05, 3.63) is 29.8 Å². The zero-order valence-electron chi connectivity index (χ0n) is 12.3. The zero-order valence-corrected chi connectivity index (χ0v) is 12.3. The quantitative estimate of drug-likeness (QED) is 0.740. The smallest absolute Gasteiger partial charge is 0.309 e. The van der Waals surface area contributed by atoms with Gasteiger partial charge in [0.15, 0.2) is 0 Å². The molecule has 0 aliphatic carbocycles. The van der Waals surface area contributed by atoms with Crippen molar-refractivity contribution in [1.82, 2.24) is 4.90 Å². The summed E-state index contributed by atoms with van der Waals surface area (Å²) in [5.74, 6) is 0.519. The van der Waals surface area contributed by atoms with Crippen LogP contribution in [0.5, 0.6) is 5.75 Å². The topological polar surface area (TPSA) is 38.8 Å². The third kappa shape index (κ3) is 4.24. The largest absolute Gasteiger partial charge is 0.497 e. The summed E-state index contributed by atoms with van der Waals surface area (Å²) in [6, 6.07) is 8.06. The van der Waals surface area contributed by atoms with E-state index in [0.29, 0.717) is 0 Å². The average molecular weight is 265 g/mol. The minimum Gasteiger partial charge on any atom is -0.497 e. The Hall–Kier alpha value is -1.55. The minimum absolute atomic E-state index is 0.110. The summed E-state index contributed by atoms with van der Waals surface area (Å²) in [6.07, 6.45) is 0. The van der Waals surface area contributed by atoms with Crippen LogP contribution in [-0.2, 0) is 16.1 Å². The first-order valence-corrected chi connectivity index (χ1v) is 6.40. The lowest BCUT2D eigenvalue weighted by molar-refractivity contribution is -0.146. The first kappa shape index (κ1) is 15.5. The third-order valence-electron chi connectivity index (χ3n) is 3.56. The molecule has 19 heavy (non-hydrogen) atoms. The highest BCUT2D eigenvalue weighted by Gasteiger charge is 2.24. The monoisotopic (exact) mass is 265 g/mol. The molecule has 0 N–H and O–H groups in total. The van der Waals surface area contributed by atoms with Crippen molar-refractivity contribution >= 4 is 5.97 Å². The molecule has 0 amide bonds. The number of hydrogen-bond donors (Lipinski definition) is 0. The molecule has 0 saturated heterocycles. The van der Waals surface area contributed by atoms with Gasteiger partial charge in [0.2, 0.25) is 0 Å². The summed E-state index contributed by atoms with van der Waals surface area (Å²) in [4.78, 5) is 13.7. The Morgan fingerprint density at radius 1 is 1.32 bits per heavy atom. The Labute approximate surface area is 115 Å². The predicted octanol–water partition coefficient (Wildman–Crippen LogP) is 2.32. The fraction of sp³-hybridized carbons (Fsp3) is 0.533. The number of rotatable bonds is 6. The van der Waals surface area contributed by atoms with Crippen LogP contribution in [-0.4, -0.2) is 38.2 Å². The van der Waals surface area contributed by atoms with Gasteiger partial charge in [-0.3, -0.25) is 9.69 Å². The molecule has 0 aliphatic heterocycles. The van der Waals surface area contributed by atoms with E-state index in [2.05, 4.69) is 11.0 Å². The van der Waals surface area contributed by atoms with Crippen LogP contribution in [0, 0.1) is 5.92 Å². The summed E-state index contributed by atoms with van der Waals surface area (Å²) in [7, 11) is 5.09. The molecule has 1 aromatic rings. The molecule has 0 bridgehead atoms. The molecule has 2 unspecified atom stereocenters. The second-order valence-electron chi connectivity index (χ2n) is 4.82. The number of carbonyl (C=O) groups excluding carboxylic acids is 1. The fourth-order valence-electron chi connectivity index (χ4n) is 1.97. The lowest BCUT2D eigenvalue weighted by Gasteiger charge is -2.28. The molecule has 0 aliphatic rings. The van der Waals surface area contributed by atoms with Crippen LogP contribution < -0.4 is 4.74 Å². The molecule has 0 aromatic heterocycles. The molecule has 1 rings (SSSR count). The van der Waals surface area contributed by atoms with Gasteiger partial charge in [0.05, 0.1) is 20.1 Å². The van der Waals surface area contributed by atoms with Gasteiger partial charge >= 0.3 is 5.97 Å². The van der Waals surface area contributed by atoms with Crippen molar-refractivity contribution < 1.29 is 14.3 Å². The maximum absolute atomic E-state index is 11.5. The molecule has 0 saturated carbocycles. The van der Waals surface area contributed by atoms with Crippen LogP contribution in [0.4, 0.5) is 0 Å². The fourth-order valence-corrected chi connectivity index (χ4v) is 1.97. The normalized spacial score (nSPS) is 14.0. The van der Waals surface area contributed by atoms with Gasteiger partial charge in [-0.15, -0.1) is 0 Å². The van der Waals surface area contributed by atoms with Gasteiger partial charge in [-0.05, 0) is 31.7 Å². The maximum atomic E-state index is 11.5. The van der Waals surface area contributed by atoms with Gasteiger partial charge in [-0.1, -0.05) is 19.1 Å². The summed E-state index contributed by atoms with van der Waals surface area (Å²) in [6.45, 7) is 4.68. The third-order valence-corrected chi connectivity index (χ3v) is 3.56. The molecule has 4 heteroatoms. The molecular formula is C15H23NO3. The van der Waals surface area contributed by atoms with Crippen LogP contribution >= 0.6 is 0 Å². The van der Waals surface area contributed by atoms with Crippen LogP contribution in [0.3, 0.4) is 0 Å². The molecule has 0 fully saturated rings.